The maximum atomic E-state index is 13.1. The van der Waals surface area contributed by atoms with Gasteiger partial charge in [0.05, 0.1) is 10.4 Å². The van der Waals surface area contributed by atoms with E-state index in [1.807, 2.05) is 35.2 Å². The second-order valence-corrected chi connectivity index (χ2v) is 8.63. The van der Waals surface area contributed by atoms with Crippen molar-refractivity contribution in [1.82, 2.24) is 4.90 Å². The predicted octanol–water partition coefficient (Wildman–Crippen LogP) is 5.29. The number of nitrogens with zero attached hydrogens (tertiary/aromatic N) is 2. The van der Waals surface area contributed by atoms with E-state index >= 15 is 0 Å². The number of fused-ring (bicyclic) bond motifs is 3. The third-order valence-corrected chi connectivity index (χ3v) is 6.84. The Morgan fingerprint density at radius 3 is 2.52 bits per heavy atom. The summed E-state index contributed by atoms with van der Waals surface area (Å²) < 4.78 is 44.8. The predicted molar refractivity (Wildman–Crippen MR) is 114 cm³/mol. The SMILES string of the molecule is O=C(c1cc2c(s1)-c1ccccc1OC2)N1CCN(c2cccc(C(F)(F)F)c2)CC1. The number of ether oxygens (including phenoxy) is 1. The summed E-state index contributed by atoms with van der Waals surface area (Å²) in [6, 6.07) is 15.0. The van der Waals surface area contributed by atoms with E-state index in [4.69, 9.17) is 4.74 Å². The van der Waals surface area contributed by atoms with E-state index in [2.05, 4.69) is 0 Å². The number of carbonyl (C=O) groups is 1. The molecule has 1 saturated heterocycles. The minimum Gasteiger partial charge on any atom is -0.488 e. The average molecular weight is 444 g/mol. The van der Waals surface area contributed by atoms with E-state index in [9.17, 15) is 18.0 Å². The third kappa shape index (κ3) is 3.76. The molecule has 0 unspecified atom stereocenters. The number of piperazine rings is 1. The van der Waals surface area contributed by atoms with Crippen molar-refractivity contribution in [2.24, 2.45) is 0 Å². The summed E-state index contributed by atoms with van der Waals surface area (Å²) in [5.74, 6) is 0.783. The van der Waals surface area contributed by atoms with Crippen LogP contribution in [0, 0.1) is 0 Å². The average Bonchev–Trinajstić information content (AvgIpc) is 3.23. The zero-order valence-electron chi connectivity index (χ0n) is 16.5. The fourth-order valence-electron chi connectivity index (χ4n) is 4.01. The third-order valence-electron chi connectivity index (χ3n) is 5.64. The molecule has 1 fully saturated rings. The maximum Gasteiger partial charge on any atom is 0.416 e. The van der Waals surface area contributed by atoms with Crippen LogP contribution in [0.3, 0.4) is 0 Å². The Bertz CT molecular complexity index is 1130. The van der Waals surface area contributed by atoms with Crippen LogP contribution < -0.4 is 9.64 Å². The quantitative estimate of drug-likeness (QED) is 0.539. The van der Waals surface area contributed by atoms with Crippen LogP contribution >= 0.6 is 11.3 Å². The first kappa shape index (κ1) is 19.9. The van der Waals surface area contributed by atoms with Gasteiger partial charge in [-0.3, -0.25) is 4.79 Å². The first-order chi connectivity index (χ1) is 14.9. The molecule has 0 atom stereocenters. The minimum atomic E-state index is -4.37. The van der Waals surface area contributed by atoms with Gasteiger partial charge in [0.15, 0.2) is 0 Å². The van der Waals surface area contributed by atoms with Gasteiger partial charge in [-0.05, 0) is 36.4 Å². The highest BCUT2D eigenvalue weighted by atomic mass is 32.1. The molecule has 3 heterocycles. The van der Waals surface area contributed by atoms with Crippen LogP contribution in [-0.2, 0) is 12.8 Å². The van der Waals surface area contributed by atoms with Crippen molar-refractivity contribution in [1.29, 1.82) is 0 Å². The van der Waals surface area contributed by atoms with Crippen LogP contribution in [0.4, 0.5) is 18.9 Å². The van der Waals surface area contributed by atoms with Crippen molar-refractivity contribution in [2.45, 2.75) is 12.8 Å². The van der Waals surface area contributed by atoms with Crippen molar-refractivity contribution in [3.8, 4) is 16.2 Å². The Morgan fingerprint density at radius 2 is 1.74 bits per heavy atom. The highest BCUT2D eigenvalue weighted by Crippen LogP contribution is 2.42. The lowest BCUT2D eigenvalue weighted by Crippen LogP contribution is -2.48. The summed E-state index contributed by atoms with van der Waals surface area (Å²) >= 11 is 1.47. The highest BCUT2D eigenvalue weighted by Gasteiger charge is 2.32. The molecule has 0 saturated carbocycles. The number of thiophene rings is 1. The summed E-state index contributed by atoms with van der Waals surface area (Å²) in [6.07, 6.45) is -4.37. The number of para-hydroxylation sites is 1. The van der Waals surface area contributed by atoms with Gasteiger partial charge in [-0.1, -0.05) is 18.2 Å². The largest absolute Gasteiger partial charge is 0.488 e. The first-order valence-corrected chi connectivity index (χ1v) is 10.8. The van der Waals surface area contributed by atoms with Gasteiger partial charge in [0, 0.05) is 47.9 Å². The Balaban J connectivity index is 1.29. The van der Waals surface area contributed by atoms with E-state index in [-0.39, 0.29) is 5.91 Å². The fourth-order valence-corrected chi connectivity index (χ4v) is 5.17. The summed E-state index contributed by atoms with van der Waals surface area (Å²) in [5, 5.41) is 0. The first-order valence-electron chi connectivity index (χ1n) is 9.96. The molecule has 5 rings (SSSR count). The molecule has 8 heteroatoms. The Hall–Kier alpha value is -3.00. The molecule has 4 nitrogen and oxygen atoms in total. The van der Waals surface area contributed by atoms with E-state index in [1.54, 1.807) is 11.0 Å². The van der Waals surface area contributed by atoms with E-state index in [0.717, 1.165) is 27.8 Å². The van der Waals surface area contributed by atoms with Crippen LogP contribution in [-0.4, -0.2) is 37.0 Å². The lowest BCUT2D eigenvalue weighted by molar-refractivity contribution is -0.137. The van der Waals surface area contributed by atoms with Gasteiger partial charge >= 0.3 is 6.18 Å². The van der Waals surface area contributed by atoms with Crippen molar-refractivity contribution in [3.05, 3.63) is 70.6 Å². The summed E-state index contributed by atoms with van der Waals surface area (Å²) in [7, 11) is 0. The summed E-state index contributed by atoms with van der Waals surface area (Å²) in [4.78, 5) is 18.5. The van der Waals surface area contributed by atoms with E-state index in [0.29, 0.717) is 43.4 Å². The van der Waals surface area contributed by atoms with Crippen molar-refractivity contribution in [2.75, 3.05) is 31.1 Å². The van der Waals surface area contributed by atoms with Crippen molar-refractivity contribution < 1.29 is 22.7 Å². The fraction of sp³-hybridized carbons (Fsp3) is 0.261. The molecular formula is C23H19F3N2O2S. The number of rotatable bonds is 2. The number of alkyl halides is 3. The summed E-state index contributed by atoms with van der Waals surface area (Å²) in [5.41, 5.74) is 1.88. The van der Waals surface area contributed by atoms with E-state index < -0.39 is 11.7 Å². The zero-order chi connectivity index (χ0) is 21.6. The second-order valence-electron chi connectivity index (χ2n) is 7.58. The monoisotopic (exact) mass is 444 g/mol. The Kier molecular flexibility index (Phi) is 4.89. The zero-order valence-corrected chi connectivity index (χ0v) is 17.3. The van der Waals surface area contributed by atoms with Crippen LogP contribution in [0.2, 0.25) is 0 Å². The van der Waals surface area contributed by atoms with Crippen molar-refractivity contribution in [3.63, 3.8) is 0 Å². The molecule has 2 aliphatic heterocycles. The molecule has 1 amide bonds. The molecular weight excluding hydrogens is 425 g/mol. The van der Waals surface area contributed by atoms with Crippen molar-refractivity contribution >= 4 is 22.9 Å². The molecule has 0 radical (unpaired) electrons. The number of hydrogen-bond donors (Lipinski definition) is 0. The summed E-state index contributed by atoms with van der Waals surface area (Å²) in [6.45, 7) is 2.35. The van der Waals surface area contributed by atoms with Gasteiger partial charge in [0.2, 0.25) is 0 Å². The van der Waals surface area contributed by atoms with E-state index in [1.165, 1.54) is 23.5 Å². The topological polar surface area (TPSA) is 32.8 Å². The van der Waals surface area contributed by atoms with Gasteiger partial charge in [0.1, 0.15) is 12.4 Å². The molecule has 31 heavy (non-hydrogen) atoms. The molecule has 160 valence electrons. The molecule has 0 bridgehead atoms. The van der Waals surface area contributed by atoms with Gasteiger partial charge < -0.3 is 14.5 Å². The number of halogens is 3. The normalized spacial score (nSPS) is 15.8. The molecule has 3 aromatic rings. The number of anilines is 1. The maximum absolute atomic E-state index is 13.1. The van der Waals surface area contributed by atoms with Gasteiger partial charge in [-0.25, -0.2) is 0 Å². The molecule has 1 aromatic heterocycles. The molecule has 0 spiro atoms. The van der Waals surface area contributed by atoms with Gasteiger partial charge in [-0.15, -0.1) is 11.3 Å². The standard InChI is InChI=1S/C23H19F3N2O2S/c24-23(25,26)16-4-3-5-17(13-16)27-8-10-28(11-9-27)22(29)20-12-15-14-30-19-7-2-1-6-18(19)21(15)31-20/h1-7,12-13H,8-11,14H2. The molecule has 2 aromatic carbocycles. The minimum absolute atomic E-state index is 0.0411. The lowest BCUT2D eigenvalue weighted by atomic mass is 10.1. The lowest BCUT2D eigenvalue weighted by Gasteiger charge is -2.36. The second kappa shape index (κ2) is 7.60. The molecule has 0 N–H and O–H groups in total. The Labute approximate surface area is 181 Å². The van der Waals surface area contributed by atoms with Crippen LogP contribution in [0.5, 0.6) is 5.75 Å². The Morgan fingerprint density at radius 1 is 0.968 bits per heavy atom. The number of benzene rings is 2. The van der Waals surface area contributed by atoms with Crippen LogP contribution in [0.25, 0.3) is 10.4 Å². The van der Waals surface area contributed by atoms with Gasteiger partial charge in [0.25, 0.3) is 5.91 Å². The van der Waals surface area contributed by atoms with Crippen LogP contribution in [0.1, 0.15) is 20.8 Å². The molecule has 0 aliphatic carbocycles. The van der Waals surface area contributed by atoms with Gasteiger partial charge in [-0.2, -0.15) is 13.2 Å². The smallest absolute Gasteiger partial charge is 0.416 e. The number of carbonyl (C=O) groups excluding carboxylic acids is 1. The highest BCUT2D eigenvalue weighted by molar-refractivity contribution is 7.17. The number of hydrogen-bond acceptors (Lipinski definition) is 4. The number of amides is 1. The van der Waals surface area contributed by atoms with Crippen LogP contribution in [0.15, 0.2) is 54.6 Å². The molecule has 2 aliphatic rings.